The van der Waals surface area contributed by atoms with Crippen LogP contribution in [0.15, 0.2) is 24.3 Å². The molecule has 0 saturated heterocycles. The predicted octanol–water partition coefficient (Wildman–Crippen LogP) is 2.96. The van der Waals surface area contributed by atoms with Gasteiger partial charge >= 0.3 is 0 Å². The molecule has 2 nitrogen and oxygen atoms in total. The number of nitrogens with two attached hydrogens (primary N) is 1. The Morgan fingerprint density at radius 1 is 1.11 bits per heavy atom. The van der Waals surface area contributed by atoms with Gasteiger partial charge in [-0.05, 0) is 43.2 Å². The Balaban J connectivity index is 1.83. The van der Waals surface area contributed by atoms with Crippen molar-refractivity contribution in [3.8, 4) is 0 Å². The summed E-state index contributed by atoms with van der Waals surface area (Å²) >= 11 is 0. The molecule has 2 N–H and O–H groups in total. The first kappa shape index (κ1) is 12.0. The summed E-state index contributed by atoms with van der Waals surface area (Å²) in [7, 11) is 0. The van der Waals surface area contributed by atoms with Crippen molar-refractivity contribution in [2.45, 2.75) is 44.6 Å². The van der Waals surface area contributed by atoms with Gasteiger partial charge in [-0.25, -0.2) is 0 Å². The first-order chi connectivity index (χ1) is 8.88. The molecule has 1 saturated carbocycles. The molecule has 1 aliphatic carbocycles. The number of benzene rings is 1. The molecule has 3 rings (SSSR count). The lowest BCUT2D eigenvalue weighted by Gasteiger charge is -2.40. The number of hydrogen-bond donors (Lipinski definition) is 1. The normalized spacial score (nSPS) is 24.3. The maximum absolute atomic E-state index is 5.98. The first-order valence-corrected chi connectivity index (χ1v) is 7.43. The third-order valence-corrected chi connectivity index (χ3v) is 4.69. The van der Waals surface area contributed by atoms with Crippen LogP contribution in [-0.2, 0) is 6.42 Å². The lowest BCUT2D eigenvalue weighted by molar-refractivity contribution is 0.461. The highest BCUT2D eigenvalue weighted by Crippen LogP contribution is 2.34. The zero-order valence-corrected chi connectivity index (χ0v) is 11.1. The minimum Gasteiger partial charge on any atom is -0.367 e. The summed E-state index contributed by atoms with van der Waals surface area (Å²) in [6.45, 7) is 2.01. The van der Waals surface area contributed by atoms with Gasteiger partial charge in [-0.2, -0.15) is 0 Å². The highest BCUT2D eigenvalue weighted by atomic mass is 15.2. The molecular weight excluding hydrogens is 220 g/mol. The van der Waals surface area contributed by atoms with E-state index in [0.29, 0.717) is 6.04 Å². The van der Waals surface area contributed by atoms with Crippen molar-refractivity contribution >= 4 is 5.69 Å². The van der Waals surface area contributed by atoms with E-state index in [0.717, 1.165) is 12.5 Å². The molecule has 0 bridgehead atoms. The molecule has 2 heteroatoms. The fourth-order valence-electron chi connectivity index (χ4n) is 3.64. The van der Waals surface area contributed by atoms with Gasteiger partial charge in [0.2, 0.25) is 0 Å². The average molecular weight is 244 g/mol. The minimum absolute atomic E-state index is 0.556. The Labute approximate surface area is 110 Å². The topological polar surface area (TPSA) is 29.3 Å². The molecule has 1 atom stereocenters. The van der Waals surface area contributed by atoms with Crippen LogP contribution in [0.4, 0.5) is 5.69 Å². The average Bonchev–Trinajstić information content (AvgIpc) is 2.92. The van der Waals surface area contributed by atoms with Crippen molar-refractivity contribution in [1.82, 2.24) is 0 Å². The van der Waals surface area contributed by atoms with Gasteiger partial charge in [0.15, 0.2) is 0 Å². The number of nitrogens with zero attached hydrogens (tertiary/aromatic N) is 1. The number of aryl methyl sites for hydroxylation is 1. The molecule has 0 radical (unpaired) electrons. The van der Waals surface area contributed by atoms with Crippen LogP contribution in [-0.4, -0.2) is 19.1 Å². The molecule has 0 aromatic heterocycles. The second kappa shape index (κ2) is 5.31. The largest absolute Gasteiger partial charge is 0.367 e. The zero-order chi connectivity index (χ0) is 12.4. The quantitative estimate of drug-likeness (QED) is 0.885. The zero-order valence-electron chi connectivity index (χ0n) is 11.1. The molecular formula is C16H24N2. The van der Waals surface area contributed by atoms with Gasteiger partial charge in [0.1, 0.15) is 0 Å². The summed E-state index contributed by atoms with van der Waals surface area (Å²) in [5.41, 5.74) is 8.95. The van der Waals surface area contributed by atoms with E-state index < -0.39 is 0 Å². The van der Waals surface area contributed by atoms with Crippen molar-refractivity contribution in [1.29, 1.82) is 0 Å². The third kappa shape index (κ3) is 2.26. The number of anilines is 1. The highest BCUT2D eigenvalue weighted by molar-refractivity contribution is 5.56. The maximum atomic E-state index is 5.98. The molecule has 18 heavy (non-hydrogen) atoms. The van der Waals surface area contributed by atoms with E-state index in [-0.39, 0.29) is 0 Å². The fourth-order valence-corrected chi connectivity index (χ4v) is 3.64. The van der Waals surface area contributed by atoms with Crippen LogP contribution in [0.2, 0.25) is 0 Å². The molecule has 0 spiro atoms. The summed E-state index contributed by atoms with van der Waals surface area (Å²) in [5, 5.41) is 0. The summed E-state index contributed by atoms with van der Waals surface area (Å²) in [6, 6.07) is 9.45. The summed E-state index contributed by atoms with van der Waals surface area (Å²) < 4.78 is 0. The van der Waals surface area contributed by atoms with Gasteiger partial charge in [0.05, 0.1) is 0 Å². The Morgan fingerprint density at radius 3 is 2.67 bits per heavy atom. The summed E-state index contributed by atoms with van der Waals surface area (Å²) in [5.74, 6) is 0.894. The van der Waals surface area contributed by atoms with Crippen molar-refractivity contribution in [3.63, 3.8) is 0 Å². The first-order valence-electron chi connectivity index (χ1n) is 7.43. The molecule has 1 heterocycles. The van der Waals surface area contributed by atoms with Crippen LogP contribution in [0, 0.1) is 5.92 Å². The van der Waals surface area contributed by atoms with Crippen molar-refractivity contribution in [2.24, 2.45) is 11.7 Å². The molecule has 1 aromatic rings. The predicted molar refractivity (Wildman–Crippen MR) is 76.9 cm³/mol. The molecule has 1 aromatic carbocycles. The van der Waals surface area contributed by atoms with Crippen molar-refractivity contribution < 1.29 is 0 Å². The number of fused-ring (bicyclic) bond motifs is 1. The van der Waals surface area contributed by atoms with Gasteiger partial charge in [-0.15, -0.1) is 0 Å². The van der Waals surface area contributed by atoms with E-state index in [2.05, 4.69) is 29.2 Å². The van der Waals surface area contributed by atoms with E-state index in [4.69, 9.17) is 5.73 Å². The standard InChI is InChI=1S/C16H24N2/c17-11-15-10-9-14-7-3-4-8-16(14)18(15)12-13-5-1-2-6-13/h3-4,7-8,13,15H,1-2,5-6,9-12,17H2. The van der Waals surface area contributed by atoms with Crippen LogP contribution in [0.3, 0.4) is 0 Å². The molecule has 1 aliphatic heterocycles. The van der Waals surface area contributed by atoms with Crippen molar-refractivity contribution in [2.75, 3.05) is 18.0 Å². The van der Waals surface area contributed by atoms with Gasteiger partial charge in [0, 0.05) is 24.8 Å². The molecule has 0 amide bonds. The van der Waals surface area contributed by atoms with Crippen LogP contribution in [0.1, 0.15) is 37.7 Å². The number of para-hydroxylation sites is 1. The van der Waals surface area contributed by atoms with Gasteiger partial charge in [-0.3, -0.25) is 0 Å². The molecule has 1 unspecified atom stereocenters. The number of hydrogen-bond acceptors (Lipinski definition) is 2. The SMILES string of the molecule is NCC1CCc2ccccc2N1CC1CCCC1. The Morgan fingerprint density at radius 2 is 1.89 bits per heavy atom. The smallest absolute Gasteiger partial charge is 0.0415 e. The highest BCUT2D eigenvalue weighted by Gasteiger charge is 2.28. The van der Waals surface area contributed by atoms with E-state index >= 15 is 0 Å². The monoisotopic (exact) mass is 244 g/mol. The third-order valence-electron chi connectivity index (χ3n) is 4.69. The number of rotatable bonds is 3. The van der Waals surface area contributed by atoms with E-state index in [1.165, 1.54) is 56.3 Å². The molecule has 1 fully saturated rings. The minimum atomic E-state index is 0.556. The fraction of sp³-hybridized carbons (Fsp3) is 0.625. The maximum Gasteiger partial charge on any atom is 0.0415 e. The lowest BCUT2D eigenvalue weighted by Crippen LogP contribution is -2.46. The van der Waals surface area contributed by atoms with E-state index in [1.54, 1.807) is 0 Å². The van der Waals surface area contributed by atoms with E-state index in [1.807, 2.05) is 0 Å². The Kier molecular flexibility index (Phi) is 3.55. The van der Waals surface area contributed by atoms with Gasteiger partial charge in [0.25, 0.3) is 0 Å². The lowest BCUT2D eigenvalue weighted by atomic mass is 9.94. The molecule has 2 aliphatic rings. The van der Waals surface area contributed by atoms with E-state index in [9.17, 15) is 0 Å². The van der Waals surface area contributed by atoms with Crippen LogP contribution in [0.25, 0.3) is 0 Å². The van der Waals surface area contributed by atoms with Gasteiger partial charge in [-0.1, -0.05) is 31.0 Å². The van der Waals surface area contributed by atoms with Crippen molar-refractivity contribution in [3.05, 3.63) is 29.8 Å². The summed E-state index contributed by atoms with van der Waals surface area (Å²) in [4.78, 5) is 2.61. The van der Waals surface area contributed by atoms with Gasteiger partial charge < -0.3 is 10.6 Å². The molecule has 98 valence electrons. The second-order valence-electron chi connectivity index (χ2n) is 5.86. The second-order valence-corrected chi connectivity index (χ2v) is 5.86. The van der Waals surface area contributed by atoms with Crippen LogP contribution < -0.4 is 10.6 Å². The Hall–Kier alpha value is -1.02. The van der Waals surface area contributed by atoms with Crippen LogP contribution in [0.5, 0.6) is 0 Å². The summed E-state index contributed by atoms with van der Waals surface area (Å²) in [6.07, 6.45) is 8.09. The Bertz CT molecular complexity index is 396. The van der Waals surface area contributed by atoms with Crippen LogP contribution >= 0.6 is 0 Å².